The summed E-state index contributed by atoms with van der Waals surface area (Å²) in [6, 6.07) is 5.23. The van der Waals surface area contributed by atoms with Crippen LogP contribution in [0.15, 0.2) is 40.6 Å². The molecular weight excluding hydrogens is 347 g/mol. The molecule has 0 bridgehead atoms. The Labute approximate surface area is 136 Å². The molecule has 0 unspecified atom stereocenters. The second-order valence-electron chi connectivity index (χ2n) is 5.36. The average Bonchev–Trinajstić information content (AvgIpc) is 2.96. The highest BCUT2D eigenvalue weighted by Crippen LogP contribution is 2.37. The first-order valence-corrected chi connectivity index (χ1v) is 9.28. The lowest BCUT2D eigenvalue weighted by Crippen LogP contribution is -2.38. The molecule has 1 aliphatic rings. The van der Waals surface area contributed by atoms with E-state index in [1.807, 2.05) is 11.4 Å². The maximum atomic E-state index is 12.7. The van der Waals surface area contributed by atoms with Crippen molar-refractivity contribution in [3.8, 4) is 0 Å². The largest absolute Gasteiger partial charge is 0.416 e. The van der Waals surface area contributed by atoms with E-state index in [0.29, 0.717) is 13.0 Å². The SMILES string of the molecule is C[C@@H]1c2ccsc2CCN1S(=O)(=O)c1ccc(C(F)(F)F)cc1. The maximum absolute atomic E-state index is 12.7. The number of halogens is 3. The van der Waals surface area contributed by atoms with Gasteiger partial charge in [-0.25, -0.2) is 8.42 Å². The molecule has 0 radical (unpaired) electrons. The van der Waals surface area contributed by atoms with Crippen molar-refractivity contribution >= 4 is 21.4 Å². The minimum Gasteiger partial charge on any atom is -0.207 e. The second kappa shape index (κ2) is 5.61. The Balaban J connectivity index is 1.93. The number of hydrogen-bond acceptors (Lipinski definition) is 3. The molecule has 1 aliphatic heterocycles. The van der Waals surface area contributed by atoms with Gasteiger partial charge in [0.25, 0.3) is 0 Å². The standard InChI is InChI=1S/C15H14F3NO2S2/c1-10-13-7-9-22-14(13)6-8-19(10)23(20,21)12-4-2-11(3-5-12)15(16,17)18/h2-5,7,9-10H,6,8H2,1H3/t10-/m1/s1. The number of rotatable bonds is 2. The van der Waals surface area contributed by atoms with E-state index in [1.54, 1.807) is 18.3 Å². The lowest BCUT2D eigenvalue weighted by molar-refractivity contribution is -0.137. The Kier molecular flexibility index (Phi) is 4.02. The van der Waals surface area contributed by atoms with Gasteiger partial charge in [0.05, 0.1) is 10.5 Å². The number of nitrogens with zero attached hydrogens (tertiary/aromatic N) is 1. The third-order valence-electron chi connectivity index (χ3n) is 4.01. The zero-order valence-corrected chi connectivity index (χ0v) is 13.8. The summed E-state index contributed by atoms with van der Waals surface area (Å²) in [6.45, 7) is 2.13. The fourth-order valence-electron chi connectivity index (χ4n) is 2.77. The smallest absolute Gasteiger partial charge is 0.207 e. The Morgan fingerprint density at radius 2 is 1.83 bits per heavy atom. The summed E-state index contributed by atoms with van der Waals surface area (Å²) in [5.41, 5.74) is 0.111. The Morgan fingerprint density at radius 3 is 2.43 bits per heavy atom. The number of sulfonamides is 1. The van der Waals surface area contributed by atoms with Gasteiger partial charge < -0.3 is 0 Å². The number of thiophene rings is 1. The molecule has 23 heavy (non-hydrogen) atoms. The lowest BCUT2D eigenvalue weighted by Gasteiger charge is -2.32. The molecule has 0 saturated carbocycles. The molecule has 124 valence electrons. The van der Waals surface area contributed by atoms with Crippen LogP contribution in [0.3, 0.4) is 0 Å². The van der Waals surface area contributed by atoms with E-state index in [-0.39, 0.29) is 10.9 Å². The minimum atomic E-state index is -4.48. The summed E-state index contributed by atoms with van der Waals surface area (Å²) in [7, 11) is -3.82. The van der Waals surface area contributed by atoms with Crippen LogP contribution >= 0.6 is 11.3 Å². The van der Waals surface area contributed by atoms with Gasteiger partial charge in [-0.3, -0.25) is 0 Å². The molecule has 2 heterocycles. The monoisotopic (exact) mass is 361 g/mol. The van der Waals surface area contributed by atoms with Gasteiger partial charge in [0.15, 0.2) is 0 Å². The van der Waals surface area contributed by atoms with Crippen molar-refractivity contribution < 1.29 is 21.6 Å². The van der Waals surface area contributed by atoms with Crippen LogP contribution in [0, 0.1) is 0 Å². The van der Waals surface area contributed by atoms with Crippen molar-refractivity contribution in [1.82, 2.24) is 4.31 Å². The quantitative estimate of drug-likeness (QED) is 0.808. The van der Waals surface area contributed by atoms with Crippen LogP contribution < -0.4 is 0 Å². The molecule has 0 saturated heterocycles. The molecule has 0 N–H and O–H groups in total. The predicted octanol–water partition coefficient (Wildman–Crippen LogP) is 4.07. The maximum Gasteiger partial charge on any atom is 0.416 e. The van der Waals surface area contributed by atoms with Gasteiger partial charge in [-0.2, -0.15) is 17.5 Å². The molecule has 1 aromatic carbocycles. The van der Waals surface area contributed by atoms with Crippen LogP contribution in [-0.2, 0) is 22.6 Å². The summed E-state index contributed by atoms with van der Waals surface area (Å²) in [6.07, 6.45) is -3.86. The molecule has 2 aromatic rings. The van der Waals surface area contributed by atoms with E-state index >= 15 is 0 Å². The molecule has 8 heteroatoms. The van der Waals surface area contributed by atoms with E-state index in [2.05, 4.69) is 0 Å². The molecule has 1 aromatic heterocycles. The minimum absolute atomic E-state index is 0.115. The summed E-state index contributed by atoms with van der Waals surface area (Å²) in [5, 5.41) is 1.93. The van der Waals surface area contributed by atoms with Crippen molar-refractivity contribution in [2.45, 2.75) is 30.5 Å². The lowest BCUT2D eigenvalue weighted by atomic mass is 10.0. The van der Waals surface area contributed by atoms with Crippen LogP contribution in [0.25, 0.3) is 0 Å². The number of hydrogen-bond donors (Lipinski definition) is 0. The van der Waals surface area contributed by atoms with Crippen molar-refractivity contribution in [2.75, 3.05) is 6.54 Å². The van der Waals surface area contributed by atoms with Crippen molar-refractivity contribution in [1.29, 1.82) is 0 Å². The van der Waals surface area contributed by atoms with E-state index in [0.717, 1.165) is 34.7 Å². The average molecular weight is 361 g/mol. The van der Waals surface area contributed by atoms with E-state index < -0.39 is 21.8 Å². The fraction of sp³-hybridized carbons (Fsp3) is 0.333. The molecule has 3 rings (SSSR count). The zero-order chi connectivity index (χ0) is 16.8. The van der Waals surface area contributed by atoms with E-state index in [9.17, 15) is 21.6 Å². The third-order valence-corrected chi connectivity index (χ3v) is 6.99. The first kappa shape index (κ1) is 16.5. The Morgan fingerprint density at radius 1 is 1.17 bits per heavy atom. The van der Waals surface area contributed by atoms with Crippen molar-refractivity contribution in [3.63, 3.8) is 0 Å². The van der Waals surface area contributed by atoms with Crippen LogP contribution in [0.5, 0.6) is 0 Å². The highest BCUT2D eigenvalue weighted by atomic mass is 32.2. The molecular formula is C15H14F3NO2S2. The molecule has 0 amide bonds. The number of fused-ring (bicyclic) bond motifs is 1. The van der Waals surface area contributed by atoms with Crippen LogP contribution in [-0.4, -0.2) is 19.3 Å². The second-order valence-corrected chi connectivity index (χ2v) is 8.25. The van der Waals surface area contributed by atoms with Gasteiger partial charge in [-0.1, -0.05) is 0 Å². The summed E-state index contributed by atoms with van der Waals surface area (Å²) in [4.78, 5) is 1.05. The summed E-state index contributed by atoms with van der Waals surface area (Å²) < 4.78 is 64.6. The number of benzene rings is 1. The first-order valence-electron chi connectivity index (χ1n) is 6.96. The zero-order valence-electron chi connectivity index (χ0n) is 12.2. The Hall–Kier alpha value is -1.38. The van der Waals surface area contributed by atoms with Crippen LogP contribution in [0.2, 0.25) is 0 Å². The molecule has 0 spiro atoms. The van der Waals surface area contributed by atoms with Gasteiger partial charge in [0.2, 0.25) is 10.0 Å². The Bertz CT molecular complexity index is 810. The van der Waals surface area contributed by atoms with Gasteiger partial charge >= 0.3 is 6.18 Å². The van der Waals surface area contributed by atoms with Crippen LogP contribution in [0.4, 0.5) is 13.2 Å². The highest BCUT2D eigenvalue weighted by molar-refractivity contribution is 7.89. The van der Waals surface area contributed by atoms with Gasteiger partial charge in [-0.05, 0) is 54.6 Å². The third kappa shape index (κ3) is 2.90. The summed E-state index contributed by atoms with van der Waals surface area (Å²) >= 11 is 1.60. The predicted molar refractivity (Wildman–Crippen MR) is 81.8 cm³/mol. The fourth-order valence-corrected chi connectivity index (χ4v) is 5.34. The van der Waals surface area contributed by atoms with Crippen LogP contribution in [0.1, 0.15) is 29.0 Å². The summed E-state index contributed by atoms with van der Waals surface area (Å²) in [5.74, 6) is 0. The molecule has 3 nitrogen and oxygen atoms in total. The molecule has 0 fully saturated rings. The highest BCUT2D eigenvalue weighted by Gasteiger charge is 2.35. The molecule has 0 aliphatic carbocycles. The first-order chi connectivity index (χ1) is 10.7. The van der Waals surface area contributed by atoms with Crippen molar-refractivity contribution in [2.24, 2.45) is 0 Å². The van der Waals surface area contributed by atoms with E-state index in [4.69, 9.17) is 0 Å². The van der Waals surface area contributed by atoms with Gasteiger partial charge in [-0.15, -0.1) is 11.3 Å². The topological polar surface area (TPSA) is 37.4 Å². The van der Waals surface area contributed by atoms with Gasteiger partial charge in [0, 0.05) is 17.5 Å². The van der Waals surface area contributed by atoms with Crippen molar-refractivity contribution in [3.05, 3.63) is 51.7 Å². The normalized spacial score (nSPS) is 19.6. The van der Waals surface area contributed by atoms with E-state index in [1.165, 1.54) is 4.31 Å². The molecule has 1 atom stereocenters. The number of alkyl halides is 3. The van der Waals surface area contributed by atoms with Gasteiger partial charge in [0.1, 0.15) is 0 Å².